The number of pyridine rings is 2. The highest BCUT2D eigenvalue weighted by molar-refractivity contribution is 7.09. The molecule has 0 atom stereocenters. The Morgan fingerprint density at radius 3 is 2.71 bits per heavy atom. The quantitative estimate of drug-likeness (QED) is 0.565. The van der Waals surface area contributed by atoms with Gasteiger partial charge in [0.2, 0.25) is 0 Å². The second-order valence-corrected chi connectivity index (χ2v) is 7.58. The lowest BCUT2D eigenvalue weighted by Crippen LogP contribution is -2.25. The minimum atomic E-state index is -0.224. The first-order valence-electron chi connectivity index (χ1n) is 8.97. The van der Waals surface area contributed by atoms with E-state index in [9.17, 15) is 9.59 Å². The Labute approximate surface area is 166 Å². The molecule has 4 rings (SSSR count). The van der Waals surface area contributed by atoms with Gasteiger partial charge in [0.15, 0.2) is 0 Å². The average molecular weight is 389 g/mol. The number of rotatable bonds is 5. The van der Waals surface area contributed by atoms with Gasteiger partial charge in [0.1, 0.15) is 0 Å². The molecule has 6 heteroatoms. The van der Waals surface area contributed by atoms with Crippen molar-refractivity contribution in [2.24, 2.45) is 0 Å². The topological polar surface area (TPSA) is 64.0 Å². The molecule has 5 nitrogen and oxygen atoms in total. The number of nitrogens with zero attached hydrogens (tertiary/aromatic N) is 2. The number of amides is 1. The van der Waals surface area contributed by atoms with Crippen molar-refractivity contribution in [3.63, 3.8) is 0 Å². The Bertz CT molecular complexity index is 1180. The number of hydrogen-bond acceptors (Lipinski definition) is 4. The number of aromatic nitrogens is 2. The molecule has 0 aliphatic heterocycles. The molecule has 1 N–H and O–H groups in total. The molecule has 0 unspecified atom stereocenters. The summed E-state index contributed by atoms with van der Waals surface area (Å²) in [6.07, 6.45) is 1.75. The molecular weight excluding hydrogens is 370 g/mol. The summed E-state index contributed by atoms with van der Waals surface area (Å²) in [5, 5.41) is 5.32. The predicted molar refractivity (Wildman–Crippen MR) is 112 cm³/mol. The largest absolute Gasteiger partial charge is 0.347 e. The molecule has 1 aromatic carbocycles. The maximum Gasteiger partial charge on any atom is 0.260 e. The lowest BCUT2D eigenvalue weighted by atomic mass is 10.1. The van der Waals surface area contributed by atoms with Crippen LogP contribution in [0.15, 0.2) is 71.0 Å². The molecule has 0 spiro atoms. The van der Waals surface area contributed by atoms with Crippen LogP contribution in [0.25, 0.3) is 10.9 Å². The minimum absolute atomic E-state index is 0.152. The summed E-state index contributed by atoms with van der Waals surface area (Å²) in [5.41, 5.74) is 2.52. The highest BCUT2D eigenvalue weighted by Gasteiger charge is 2.14. The van der Waals surface area contributed by atoms with Gasteiger partial charge in [-0.15, -0.1) is 11.3 Å². The lowest BCUT2D eigenvalue weighted by Gasteiger charge is -2.10. The van der Waals surface area contributed by atoms with E-state index < -0.39 is 0 Å². The second kappa shape index (κ2) is 7.78. The molecule has 1 amide bonds. The molecule has 0 aliphatic rings. The van der Waals surface area contributed by atoms with E-state index in [1.165, 1.54) is 0 Å². The van der Waals surface area contributed by atoms with E-state index in [1.807, 2.05) is 53.9 Å². The van der Waals surface area contributed by atoms with Crippen LogP contribution in [0, 0.1) is 6.92 Å². The van der Waals surface area contributed by atoms with Crippen LogP contribution in [0.3, 0.4) is 0 Å². The van der Waals surface area contributed by atoms with Crippen LogP contribution in [0.4, 0.5) is 0 Å². The highest BCUT2D eigenvalue weighted by atomic mass is 32.1. The molecule has 4 aromatic rings. The maximum atomic E-state index is 13.0. The van der Waals surface area contributed by atoms with Gasteiger partial charge in [0.25, 0.3) is 11.5 Å². The molecule has 0 bridgehead atoms. The monoisotopic (exact) mass is 389 g/mol. The third-order valence-electron chi connectivity index (χ3n) is 4.59. The van der Waals surface area contributed by atoms with Crippen LogP contribution < -0.4 is 10.9 Å². The number of aryl methyl sites for hydroxylation is 1. The van der Waals surface area contributed by atoms with Crippen molar-refractivity contribution >= 4 is 28.1 Å². The van der Waals surface area contributed by atoms with Crippen molar-refractivity contribution < 1.29 is 4.79 Å². The summed E-state index contributed by atoms with van der Waals surface area (Å²) < 4.78 is 1.64. The first kappa shape index (κ1) is 18.1. The Hall–Kier alpha value is -3.25. The fourth-order valence-corrected chi connectivity index (χ4v) is 3.76. The van der Waals surface area contributed by atoms with Crippen LogP contribution in [-0.4, -0.2) is 15.5 Å². The van der Waals surface area contributed by atoms with E-state index in [4.69, 9.17) is 0 Å². The van der Waals surface area contributed by atoms with Crippen molar-refractivity contribution in [3.8, 4) is 0 Å². The fraction of sp³-hybridized carbons (Fsp3) is 0.136. The Morgan fingerprint density at radius 1 is 1.14 bits per heavy atom. The smallest absolute Gasteiger partial charge is 0.260 e. The zero-order chi connectivity index (χ0) is 19.5. The number of benzene rings is 1. The molecule has 0 radical (unpaired) electrons. The van der Waals surface area contributed by atoms with Crippen LogP contribution in [0.2, 0.25) is 0 Å². The summed E-state index contributed by atoms with van der Waals surface area (Å²) in [6, 6.07) is 17.2. The van der Waals surface area contributed by atoms with Crippen LogP contribution in [0.1, 0.15) is 26.5 Å². The number of carbonyl (C=O) groups excluding carboxylic acids is 1. The number of fused-ring (bicyclic) bond motifs is 1. The van der Waals surface area contributed by atoms with Crippen molar-refractivity contribution in [1.82, 2.24) is 14.9 Å². The second-order valence-electron chi connectivity index (χ2n) is 6.55. The number of thiophene rings is 1. The molecular formula is C22H19N3O2S. The summed E-state index contributed by atoms with van der Waals surface area (Å²) in [6.45, 7) is 2.72. The summed E-state index contributed by atoms with van der Waals surface area (Å²) in [7, 11) is 0. The van der Waals surface area contributed by atoms with E-state index in [0.717, 1.165) is 10.4 Å². The van der Waals surface area contributed by atoms with Gasteiger partial charge in [0, 0.05) is 11.1 Å². The number of nitrogens with one attached hydrogen (secondary N) is 1. The van der Waals surface area contributed by atoms with Gasteiger partial charge >= 0.3 is 0 Å². The third-order valence-corrected chi connectivity index (χ3v) is 5.47. The van der Waals surface area contributed by atoms with Crippen molar-refractivity contribution in [2.75, 3.05) is 0 Å². The lowest BCUT2D eigenvalue weighted by molar-refractivity contribution is 0.0950. The van der Waals surface area contributed by atoms with Crippen molar-refractivity contribution in [2.45, 2.75) is 20.0 Å². The van der Waals surface area contributed by atoms with Gasteiger partial charge in [-0.3, -0.25) is 14.6 Å². The van der Waals surface area contributed by atoms with Crippen LogP contribution >= 0.6 is 11.3 Å². The van der Waals surface area contributed by atoms with E-state index in [-0.39, 0.29) is 11.5 Å². The SMILES string of the molecule is Cc1nc2ccn(Cc3ccccc3)c(=O)c2cc1C(=O)NCc1cccs1. The first-order valence-corrected chi connectivity index (χ1v) is 9.85. The average Bonchev–Trinajstić information content (AvgIpc) is 3.22. The highest BCUT2D eigenvalue weighted by Crippen LogP contribution is 2.15. The zero-order valence-electron chi connectivity index (χ0n) is 15.4. The molecule has 0 saturated heterocycles. The molecule has 0 aliphatic carbocycles. The van der Waals surface area contributed by atoms with Gasteiger partial charge in [-0.05, 0) is 36.1 Å². The fourth-order valence-electron chi connectivity index (χ4n) is 3.12. The number of hydrogen-bond donors (Lipinski definition) is 1. The molecule has 0 saturated carbocycles. The normalized spacial score (nSPS) is 10.9. The molecule has 28 heavy (non-hydrogen) atoms. The van der Waals surface area contributed by atoms with Gasteiger partial charge in [-0.25, -0.2) is 0 Å². The molecule has 3 aromatic heterocycles. The summed E-state index contributed by atoms with van der Waals surface area (Å²) >= 11 is 1.59. The van der Waals surface area contributed by atoms with E-state index in [0.29, 0.717) is 35.2 Å². The van der Waals surface area contributed by atoms with E-state index in [1.54, 1.807) is 35.1 Å². The Morgan fingerprint density at radius 2 is 1.96 bits per heavy atom. The Kier molecular flexibility index (Phi) is 5.04. The summed E-state index contributed by atoms with van der Waals surface area (Å²) in [4.78, 5) is 31.1. The molecule has 0 fully saturated rings. The molecule has 140 valence electrons. The number of carbonyl (C=O) groups is 1. The Balaban J connectivity index is 1.66. The zero-order valence-corrected chi connectivity index (χ0v) is 16.2. The standard InChI is InChI=1S/C22H19N3O2S/c1-15-18(21(26)23-13-17-8-5-11-28-17)12-19-20(24-15)9-10-25(22(19)27)14-16-6-3-2-4-7-16/h2-12H,13-14H2,1H3,(H,23,26). The van der Waals surface area contributed by atoms with Gasteiger partial charge in [-0.2, -0.15) is 0 Å². The van der Waals surface area contributed by atoms with Gasteiger partial charge in [-0.1, -0.05) is 36.4 Å². The van der Waals surface area contributed by atoms with Crippen LogP contribution in [-0.2, 0) is 13.1 Å². The van der Waals surface area contributed by atoms with E-state index in [2.05, 4.69) is 10.3 Å². The van der Waals surface area contributed by atoms with E-state index >= 15 is 0 Å². The summed E-state index contributed by atoms with van der Waals surface area (Å²) in [5.74, 6) is -0.224. The molecule has 3 heterocycles. The third kappa shape index (κ3) is 3.73. The predicted octanol–water partition coefficient (Wildman–Crippen LogP) is 3.74. The van der Waals surface area contributed by atoms with Gasteiger partial charge in [0.05, 0.1) is 35.2 Å². The van der Waals surface area contributed by atoms with Gasteiger partial charge < -0.3 is 9.88 Å². The maximum absolute atomic E-state index is 13.0. The van der Waals surface area contributed by atoms with Crippen molar-refractivity contribution in [3.05, 3.63) is 98.2 Å². The minimum Gasteiger partial charge on any atom is -0.347 e. The van der Waals surface area contributed by atoms with Crippen LogP contribution in [0.5, 0.6) is 0 Å². The van der Waals surface area contributed by atoms with Crippen molar-refractivity contribution in [1.29, 1.82) is 0 Å². The first-order chi connectivity index (χ1) is 13.6.